The zero-order valence-corrected chi connectivity index (χ0v) is 11.9. The zero-order valence-electron chi connectivity index (χ0n) is 10.3. The van der Waals surface area contributed by atoms with Crippen LogP contribution in [0.25, 0.3) is 0 Å². The molecule has 2 aromatic rings. The van der Waals surface area contributed by atoms with Crippen molar-refractivity contribution in [3.63, 3.8) is 0 Å². The molecule has 4 heteroatoms. The van der Waals surface area contributed by atoms with E-state index in [-0.39, 0.29) is 5.82 Å². The van der Waals surface area contributed by atoms with Gasteiger partial charge in [-0.05, 0) is 64.3 Å². The van der Waals surface area contributed by atoms with Gasteiger partial charge in [0, 0.05) is 0 Å². The molecule has 0 radical (unpaired) electrons. The van der Waals surface area contributed by atoms with Crippen molar-refractivity contribution >= 4 is 15.9 Å². The van der Waals surface area contributed by atoms with Crippen LogP contribution in [0, 0.1) is 24.1 Å². The predicted octanol–water partition coefficient (Wildman–Crippen LogP) is 4.35. The summed E-state index contributed by atoms with van der Waals surface area (Å²) >= 11 is 3.25. The van der Waals surface area contributed by atoms with Gasteiger partial charge < -0.3 is 4.74 Å². The molecule has 2 aromatic carbocycles. The summed E-state index contributed by atoms with van der Waals surface area (Å²) in [6, 6.07) is 11.8. The van der Waals surface area contributed by atoms with E-state index >= 15 is 0 Å². The van der Waals surface area contributed by atoms with Gasteiger partial charge in [0.1, 0.15) is 18.2 Å². The number of benzene rings is 2. The van der Waals surface area contributed by atoms with E-state index in [1.54, 1.807) is 12.1 Å². The molecule has 0 bridgehead atoms. The first-order chi connectivity index (χ1) is 9.10. The van der Waals surface area contributed by atoms with Gasteiger partial charge in [-0.15, -0.1) is 0 Å². The Morgan fingerprint density at radius 2 is 2.05 bits per heavy atom. The predicted molar refractivity (Wildman–Crippen MR) is 74.3 cm³/mol. The van der Waals surface area contributed by atoms with E-state index in [0.717, 1.165) is 11.1 Å². The lowest BCUT2D eigenvalue weighted by molar-refractivity contribution is 0.303. The van der Waals surface area contributed by atoms with Gasteiger partial charge in [-0.2, -0.15) is 5.26 Å². The Hall–Kier alpha value is -1.86. The monoisotopic (exact) mass is 319 g/mol. The molecule has 0 aromatic heterocycles. The molecule has 2 nitrogen and oxygen atoms in total. The molecule has 0 amide bonds. The third kappa shape index (κ3) is 3.33. The SMILES string of the molecule is Cc1cc(C#N)ccc1COc1ccc(F)cc1Br. The highest BCUT2D eigenvalue weighted by Crippen LogP contribution is 2.26. The number of rotatable bonds is 3. The summed E-state index contributed by atoms with van der Waals surface area (Å²) in [5.74, 6) is 0.277. The quantitative estimate of drug-likeness (QED) is 0.842. The molecule has 0 saturated carbocycles. The lowest BCUT2D eigenvalue weighted by atomic mass is 10.1. The van der Waals surface area contributed by atoms with Crippen LogP contribution in [0.5, 0.6) is 5.75 Å². The van der Waals surface area contributed by atoms with Gasteiger partial charge in [-0.1, -0.05) is 6.07 Å². The minimum Gasteiger partial charge on any atom is -0.488 e. The molecular weight excluding hydrogens is 309 g/mol. The maximum atomic E-state index is 12.9. The molecule has 0 aliphatic rings. The summed E-state index contributed by atoms with van der Waals surface area (Å²) in [7, 11) is 0. The van der Waals surface area contributed by atoms with Crippen LogP contribution in [0.1, 0.15) is 16.7 Å². The van der Waals surface area contributed by atoms with Crippen LogP contribution in [0.2, 0.25) is 0 Å². The van der Waals surface area contributed by atoms with E-state index in [0.29, 0.717) is 22.4 Å². The lowest BCUT2D eigenvalue weighted by Gasteiger charge is -2.10. The van der Waals surface area contributed by atoms with Gasteiger partial charge in [-0.25, -0.2) is 4.39 Å². The summed E-state index contributed by atoms with van der Waals surface area (Å²) in [5.41, 5.74) is 2.62. The number of hydrogen-bond donors (Lipinski definition) is 0. The Kier molecular flexibility index (Phi) is 4.18. The van der Waals surface area contributed by atoms with E-state index in [9.17, 15) is 4.39 Å². The van der Waals surface area contributed by atoms with Crippen molar-refractivity contribution in [1.82, 2.24) is 0 Å². The fraction of sp³-hybridized carbons (Fsp3) is 0.133. The van der Waals surface area contributed by atoms with Crippen LogP contribution in [0.3, 0.4) is 0 Å². The van der Waals surface area contributed by atoms with Gasteiger partial charge in [0.05, 0.1) is 16.1 Å². The van der Waals surface area contributed by atoms with Crippen LogP contribution >= 0.6 is 15.9 Å². The maximum Gasteiger partial charge on any atom is 0.134 e. The highest BCUT2D eigenvalue weighted by atomic mass is 79.9. The van der Waals surface area contributed by atoms with Crippen LogP contribution < -0.4 is 4.74 Å². The second kappa shape index (κ2) is 5.85. The number of nitriles is 1. The van der Waals surface area contributed by atoms with Crippen molar-refractivity contribution in [1.29, 1.82) is 5.26 Å². The summed E-state index contributed by atoms with van der Waals surface area (Å²) in [6.07, 6.45) is 0. The van der Waals surface area contributed by atoms with E-state index in [4.69, 9.17) is 10.00 Å². The third-order valence-corrected chi connectivity index (χ3v) is 3.37. The highest BCUT2D eigenvalue weighted by Gasteiger charge is 2.05. The third-order valence-electron chi connectivity index (χ3n) is 2.75. The molecule has 0 aliphatic heterocycles. The van der Waals surface area contributed by atoms with Crippen LogP contribution in [-0.4, -0.2) is 0 Å². The van der Waals surface area contributed by atoms with Gasteiger partial charge in [-0.3, -0.25) is 0 Å². The second-order valence-corrected chi connectivity index (χ2v) is 4.97. The normalized spacial score (nSPS) is 10.0. The second-order valence-electron chi connectivity index (χ2n) is 4.12. The molecule has 0 N–H and O–H groups in total. The van der Waals surface area contributed by atoms with Crippen molar-refractivity contribution in [2.24, 2.45) is 0 Å². The molecule has 0 aliphatic carbocycles. The van der Waals surface area contributed by atoms with Crippen molar-refractivity contribution in [2.75, 3.05) is 0 Å². The number of aryl methyl sites for hydroxylation is 1. The fourth-order valence-electron chi connectivity index (χ4n) is 1.68. The molecular formula is C15H11BrFNO. The number of nitrogens with zero attached hydrogens (tertiary/aromatic N) is 1. The van der Waals surface area contributed by atoms with E-state index in [1.807, 2.05) is 19.1 Å². The smallest absolute Gasteiger partial charge is 0.134 e. The summed E-state index contributed by atoms with van der Waals surface area (Å²) in [5, 5.41) is 8.80. The number of ether oxygens (including phenoxy) is 1. The summed E-state index contributed by atoms with van der Waals surface area (Å²) in [6.45, 7) is 2.31. The van der Waals surface area contributed by atoms with Crippen LogP contribution in [-0.2, 0) is 6.61 Å². The first-order valence-corrected chi connectivity index (χ1v) is 6.47. The molecule has 0 spiro atoms. The van der Waals surface area contributed by atoms with Crippen molar-refractivity contribution in [2.45, 2.75) is 13.5 Å². The first-order valence-electron chi connectivity index (χ1n) is 5.67. The molecule has 19 heavy (non-hydrogen) atoms. The average Bonchev–Trinajstić information content (AvgIpc) is 2.39. The average molecular weight is 320 g/mol. The van der Waals surface area contributed by atoms with E-state index in [1.165, 1.54) is 12.1 Å². The summed E-state index contributed by atoms with van der Waals surface area (Å²) in [4.78, 5) is 0. The van der Waals surface area contributed by atoms with Crippen molar-refractivity contribution in [3.05, 3.63) is 63.4 Å². The molecule has 0 fully saturated rings. The Morgan fingerprint density at radius 1 is 1.26 bits per heavy atom. The molecule has 0 heterocycles. The zero-order chi connectivity index (χ0) is 13.8. The van der Waals surface area contributed by atoms with E-state index in [2.05, 4.69) is 22.0 Å². The Morgan fingerprint density at radius 3 is 2.68 bits per heavy atom. The lowest BCUT2D eigenvalue weighted by Crippen LogP contribution is -1.99. The van der Waals surface area contributed by atoms with Gasteiger partial charge in [0.25, 0.3) is 0 Å². The molecule has 0 unspecified atom stereocenters. The van der Waals surface area contributed by atoms with Crippen molar-refractivity contribution < 1.29 is 9.13 Å². The topological polar surface area (TPSA) is 33.0 Å². The van der Waals surface area contributed by atoms with Gasteiger partial charge in [0.2, 0.25) is 0 Å². The van der Waals surface area contributed by atoms with Crippen molar-refractivity contribution in [3.8, 4) is 11.8 Å². The Bertz CT molecular complexity index is 649. The molecule has 96 valence electrons. The standard InChI is InChI=1S/C15H11BrFNO/c1-10-6-11(8-18)2-3-12(10)9-19-15-5-4-13(17)7-14(15)16/h2-7H,9H2,1H3. The minimum atomic E-state index is -0.311. The minimum absolute atomic E-state index is 0.311. The Labute approximate surface area is 119 Å². The largest absolute Gasteiger partial charge is 0.488 e. The maximum absolute atomic E-state index is 12.9. The van der Waals surface area contributed by atoms with Crippen LogP contribution in [0.15, 0.2) is 40.9 Å². The number of halogens is 2. The highest BCUT2D eigenvalue weighted by molar-refractivity contribution is 9.10. The molecule has 0 saturated heterocycles. The fourth-order valence-corrected chi connectivity index (χ4v) is 2.14. The summed E-state index contributed by atoms with van der Waals surface area (Å²) < 4.78 is 19.2. The Balaban J connectivity index is 2.13. The molecule has 2 rings (SSSR count). The first kappa shape index (κ1) is 13.6. The number of hydrogen-bond acceptors (Lipinski definition) is 2. The van der Waals surface area contributed by atoms with Gasteiger partial charge >= 0.3 is 0 Å². The van der Waals surface area contributed by atoms with E-state index < -0.39 is 0 Å². The molecule has 0 atom stereocenters. The van der Waals surface area contributed by atoms with Crippen LogP contribution in [0.4, 0.5) is 4.39 Å². The van der Waals surface area contributed by atoms with Gasteiger partial charge in [0.15, 0.2) is 0 Å².